The molecule has 0 spiro atoms. The van der Waals surface area contributed by atoms with E-state index in [1.165, 1.54) is 25.7 Å². The van der Waals surface area contributed by atoms with Crippen LogP contribution >= 0.6 is 0 Å². The fourth-order valence-corrected chi connectivity index (χ4v) is 1.97. The molecule has 0 aliphatic heterocycles. The summed E-state index contributed by atoms with van der Waals surface area (Å²) in [6.45, 7) is 0. The van der Waals surface area contributed by atoms with E-state index in [4.69, 9.17) is 0 Å². The molecule has 1 saturated carbocycles. The molecule has 0 unspecified atom stereocenters. The second kappa shape index (κ2) is 9.41. The molecule has 1 fully saturated rings. The van der Waals surface area contributed by atoms with Crippen molar-refractivity contribution in [2.75, 3.05) is 0 Å². The van der Waals surface area contributed by atoms with Crippen LogP contribution in [0.15, 0.2) is 18.2 Å². The Hall–Kier alpha value is 2.47. The first kappa shape index (κ1) is 17.5. The van der Waals surface area contributed by atoms with Gasteiger partial charge in [-0.05, 0) is 5.92 Å². The van der Waals surface area contributed by atoms with Gasteiger partial charge in [-0.25, -0.2) is 4.39 Å². The number of halogens is 1. The van der Waals surface area contributed by atoms with E-state index in [0.717, 1.165) is 5.56 Å². The van der Waals surface area contributed by atoms with Crippen molar-refractivity contribution < 1.29 is 110 Å². The molecule has 0 aromatic heterocycles. The van der Waals surface area contributed by atoms with E-state index < -0.39 is 0 Å². The standard InChI is InChI=1S/C12H13F.Rb.Yb/c13-12-8-4-7-11(9-12)10-5-2-1-3-6-10;;/h1,4,7,9-10H,2-3,5-6H2;;/q-2;+1;. The third kappa shape index (κ3) is 5.76. The van der Waals surface area contributed by atoms with Crippen LogP contribution in [-0.4, -0.2) is 0 Å². The van der Waals surface area contributed by atoms with Gasteiger partial charge in [-0.3, -0.25) is 0 Å². The van der Waals surface area contributed by atoms with Gasteiger partial charge in [0.15, 0.2) is 0 Å². The summed E-state index contributed by atoms with van der Waals surface area (Å²) < 4.78 is 12.9. The Labute approximate surface area is 179 Å². The predicted molar refractivity (Wildman–Crippen MR) is 50.7 cm³/mol. The molecule has 0 saturated heterocycles. The Morgan fingerprint density at radius 2 is 2.00 bits per heavy atom. The van der Waals surface area contributed by atoms with Crippen LogP contribution in [0, 0.1) is 65.2 Å². The molecule has 0 bridgehead atoms. The molecular weight excluding hydrogens is 422 g/mol. The van der Waals surface area contributed by atoms with Gasteiger partial charge in [-0.2, -0.15) is 30.5 Å². The zero-order valence-corrected chi connectivity index (χ0v) is 15.5. The van der Waals surface area contributed by atoms with Crippen molar-refractivity contribution in [3.8, 4) is 0 Å². The van der Waals surface area contributed by atoms with E-state index in [0.29, 0.717) is 5.92 Å². The van der Waals surface area contributed by atoms with Gasteiger partial charge < -0.3 is 6.42 Å². The monoisotopic (exact) mass is 435 g/mol. The quantitative estimate of drug-likeness (QED) is 0.565. The van der Waals surface area contributed by atoms with E-state index in [-0.39, 0.29) is 111 Å². The summed E-state index contributed by atoms with van der Waals surface area (Å²) in [5.41, 5.74) is 1.14. The van der Waals surface area contributed by atoms with Crippen LogP contribution in [0.1, 0.15) is 37.2 Å². The first-order valence-corrected chi connectivity index (χ1v) is 4.85. The second-order valence-electron chi connectivity index (χ2n) is 3.61. The van der Waals surface area contributed by atoms with Gasteiger partial charge >= 0.3 is 58.2 Å². The Balaban J connectivity index is 0.000000980. The molecule has 3 heteroatoms. The first-order chi connectivity index (χ1) is 6.36. The Morgan fingerprint density at radius 1 is 1.33 bits per heavy atom. The molecule has 84 valence electrons. The SMILES string of the molecule is Fc1[c-]ccc(C2CC[CH-]CC2)c1.[Rb+].[Yb]. The molecule has 1 aliphatic carbocycles. The molecular formula is C12H13FRbYb-. The van der Waals surface area contributed by atoms with Crippen LogP contribution in [0.3, 0.4) is 0 Å². The summed E-state index contributed by atoms with van der Waals surface area (Å²) in [6, 6.07) is 7.83. The third-order valence-electron chi connectivity index (χ3n) is 2.70. The van der Waals surface area contributed by atoms with Crippen LogP contribution in [0.5, 0.6) is 0 Å². The van der Waals surface area contributed by atoms with Gasteiger partial charge in [0.25, 0.3) is 0 Å². The number of benzene rings is 1. The van der Waals surface area contributed by atoms with Gasteiger partial charge in [0, 0.05) is 52.7 Å². The third-order valence-corrected chi connectivity index (χ3v) is 2.70. The van der Waals surface area contributed by atoms with Gasteiger partial charge in [-0.1, -0.05) is 12.8 Å². The van der Waals surface area contributed by atoms with Crippen LogP contribution in [-0.2, 0) is 0 Å². The number of rotatable bonds is 1. The van der Waals surface area contributed by atoms with E-state index in [9.17, 15) is 4.39 Å². The molecule has 0 N–H and O–H groups in total. The summed E-state index contributed by atoms with van der Waals surface area (Å²) in [6.07, 6.45) is 7.00. The van der Waals surface area contributed by atoms with Gasteiger partial charge in [0.05, 0.1) is 0 Å². The summed E-state index contributed by atoms with van der Waals surface area (Å²) in [5, 5.41) is 0. The number of hydrogen-bond acceptors (Lipinski definition) is 0. The van der Waals surface area contributed by atoms with Crippen molar-refractivity contribution in [3.05, 3.63) is 42.1 Å². The van der Waals surface area contributed by atoms with Gasteiger partial charge in [0.2, 0.25) is 0 Å². The average Bonchev–Trinajstić information content (AvgIpc) is 2.19. The molecule has 0 atom stereocenters. The zero-order valence-electron chi connectivity index (χ0n) is 8.86. The van der Waals surface area contributed by atoms with Crippen molar-refractivity contribution in [2.45, 2.75) is 31.6 Å². The fraction of sp³-hybridized carbons (Fsp3) is 0.417. The van der Waals surface area contributed by atoms with Crippen LogP contribution in [0.2, 0.25) is 0 Å². The minimum absolute atomic E-state index is 0. The minimum Gasteiger partial charge on any atom is -0.328 e. The molecule has 1 aromatic carbocycles. The molecule has 0 radical (unpaired) electrons. The summed E-state index contributed by atoms with van der Waals surface area (Å²) in [5.74, 6) is 0.334. The Kier molecular flexibility index (Phi) is 11.0. The van der Waals surface area contributed by atoms with Crippen molar-refractivity contribution in [1.29, 1.82) is 0 Å². The molecule has 1 aliphatic rings. The predicted octanol–water partition coefficient (Wildman–Crippen LogP) is 0.492. The summed E-state index contributed by atoms with van der Waals surface area (Å²) >= 11 is 0. The molecule has 2 rings (SSSR count). The van der Waals surface area contributed by atoms with E-state index in [2.05, 4.69) is 12.5 Å². The molecule has 0 heterocycles. The van der Waals surface area contributed by atoms with Crippen molar-refractivity contribution in [1.82, 2.24) is 0 Å². The maximum atomic E-state index is 12.9. The van der Waals surface area contributed by atoms with Crippen LogP contribution in [0.4, 0.5) is 4.39 Å². The van der Waals surface area contributed by atoms with Gasteiger partial charge in [-0.15, -0.1) is 12.1 Å². The van der Waals surface area contributed by atoms with Crippen molar-refractivity contribution in [3.63, 3.8) is 0 Å². The Morgan fingerprint density at radius 3 is 2.60 bits per heavy atom. The molecule has 0 nitrogen and oxygen atoms in total. The summed E-state index contributed by atoms with van der Waals surface area (Å²) in [7, 11) is 0. The minimum atomic E-state index is -0.230. The van der Waals surface area contributed by atoms with E-state index >= 15 is 0 Å². The first-order valence-electron chi connectivity index (χ1n) is 4.85. The van der Waals surface area contributed by atoms with E-state index in [1.54, 1.807) is 12.1 Å². The maximum Gasteiger partial charge on any atom is 1.00 e. The van der Waals surface area contributed by atoms with Crippen molar-refractivity contribution >= 4 is 0 Å². The topological polar surface area (TPSA) is 0 Å². The molecule has 15 heavy (non-hydrogen) atoms. The smallest absolute Gasteiger partial charge is 0.328 e. The van der Waals surface area contributed by atoms with Crippen molar-refractivity contribution in [2.24, 2.45) is 0 Å². The maximum absolute atomic E-state index is 12.9. The normalized spacial score (nSPS) is 16.3. The summed E-state index contributed by atoms with van der Waals surface area (Å²) in [4.78, 5) is 0. The second-order valence-corrected chi connectivity index (χ2v) is 3.61. The number of hydrogen-bond donors (Lipinski definition) is 0. The average molecular weight is 435 g/mol. The fourth-order valence-electron chi connectivity index (χ4n) is 1.97. The van der Waals surface area contributed by atoms with Crippen LogP contribution in [0.25, 0.3) is 0 Å². The molecule has 0 amide bonds. The Bertz CT molecular complexity index is 285. The van der Waals surface area contributed by atoms with E-state index in [1.807, 2.05) is 6.07 Å². The zero-order chi connectivity index (χ0) is 9.10. The largest absolute Gasteiger partial charge is 1.00 e. The van der Waals surface area contributed by atoms with Gasteiger partial charge in [0.1, 0.15) is 0 Å². The van der Waals surface area contributed by atoms with Crippen LogP contribution < -0.4 is 58.2 Å². The molecule has 1 aromatic rings.